The summed E-state index contributed by atoms with van der Waals surface area (Å²) in [5, 5.41) is 3.26. The zero-order valence-electron chi connectivity index (χ0n) is 14.2. The Morgan fingerprint density at radius 2 is 2.17 bits per heavy atom. The number of rotatable bonds is 6. The van der Waals surface area contributed by atoms with Crippen molar-refractivity contribution in [1.82, 2.24) is 14.5 Å². The van der Waals surface area contributed by atoms with Crippen LogP contribution >= 0.6 is 15.9 Å². The third-order valence-corrected chi connectivity index (χ3v) is 6.61. The lowest BCUT2D eigenvalue weighted by molar-refractivity contribution is 0.445. The number of guanidine groups is 1. The van der Waals surface area contributed by atoms with Crippen molar-refractivity contribution in [2.45, 2.75) is 19.9 Å². The summed E-state index contributed by atoms with van der Waals surface area (Å²) < 4.78 is 26.2. The maximum Gasteiger partial charge on any atom is 0.214 e. The van der Waals surface area contributed by atoms with E-state index in [4.69, 9.17) is 0 Å². The van der Waals surface area contributed by atoms with E-state index < -0.39 is 10.0 Å². The second-order valence-corrected chi connectivity index (χ2v) is 8.69. The second kappa shape index (κ2) is 8.82. The molecule has 1 fully saturated rings. The van der Waals surface area contributed by atoms with Gasteiger partial charge in [0.15, 0.2) is 5.96 Å². The number of benzene rings is 1. The summed E-state index contributed by atoms with van der Waals surface area (Å²) in [5.74, 6) is 1.04. The molecule has 8 heteroatoms. The predicted octanol–water partition coefficient (Wildman–Crippen LogP) is 1.88. The fraction of sp³-hybridized carbons (Fsp3) is 0.562. The van der Waals surface area contributed by atoms with Crippen LogP contribution in [-0.4, -0.2) is 62.6 Å². The molecular formula is C16H25BrN4O2S. The lowest BCUT2D eigenvalue weighted by Crippen LogP contribution is -2.39. The Bertz CT molecular complexity index is 678. The average molecular weight is 417 g/mol. The molecule has 0 aliphatic carbocycles. The van der Waals surface area contributed by atoms with Gasteiger partial charge in [-0.15, -0.1) is 0 Å². The van der Waals surface area contributed by atoms with Gasteiger partial charge in [-0.25, -0.2) is 12.7 Å². The molecule has 0 radical (unpaired) electrons. The average Bonchev–Trinajstić information content (AvgIpc) is 2.87. The normalized spacial score (nSPS) is 17.9. The molecule has 0 spiro atoms. The summed E-state index contributed by atoms with van der Waals surface area (Å²) in [4.78, 5) is 6.62. The highest BCUT2D eigenvalue weighted by Gasteiger charge is 2.27. The van der Waals surface area contributed by atoms with Crippen LogP contribution in [0.3, 0.4) is 0 Å². The van der Waals surface area contributed by atoms with Crippen LogP contribution in [-0.2, 0) is 16.6 Å². The zero-order valence-corrected chi connectivity index (χ0v) is 16.6. The van der Waals surface area contributed by atoms with E-state index in [0.717, 1.165) is 23.5 Å². The molecule has 6 nitrogen and oxygen atoms in total. The van der Waals surface area contributed by atoms with E-state index in [1.54, 1.807) is 0 Å². The minimum atomic E-state index is -3.05. The molecule has 1 N–H and O–H groups in total. The highest BCUT2D eigenvalue weighted by molar-refractivity contribution is 9.10. The van der Waals surface area contributed by atoms with Crippen molar-refractivity contribution in [3.8, 4) is 0 Å². The molecule has 0 amide bonds. The largest absolute Gasteiger partial charge is 0.357 e. The Morgan fingerprint density at radius 3 is 2.79 bits per heavy atom. The quantitative estimate of drug-likeness (QED) is 0.567. The molecule has 1 aliphatic rings. The molecule has 0 bridgehead atoms. The fourth-order valence-electron chi connectivity index (χ4n) is 2.64. The minimum absolute atomic E-state index is 0.263. The maximum absolute atomic E-state index is 11.8. The van der Waals surface area contributed by atoms with Crippen molar-refractivity contribution in [3.05, 3.63) is 34.3 Å². The van der Waals surface area contributed by atoms with E-state index >= 15 is 0 Å². The molecule has 2 rings (SSSR count). The summed E-state index contributed by atoms with van der Waals surface area (Å²) in [6, 6.07) is 8.09. The van der Waals surface area contributed by atoms with Crippen LogP contribution in [0.4, 0.5) is 0 Å². The standard InChI is InChI=1S/C16H25BrN4O2S/c1-3-18-16(19-9-11-21-10-6-12-24(21,22)23)20(2)13-14-7-4-5-8-15(14)17/h4-5,7-8H,3,6,9-13H2,1-2H3,(H,18,19). The van der Waals surface area contributed by atoms with Crippen LogP contribution in [0, 0.1) is 0 Å². The first-order valence-corrected chi connectivity index (χ1v) is 10.5. The Morgan fingerprint density at radius 1 is 1.42 bits per heavy atom. The van der Waals surface area contributed by atoms with Crippen LogP contribution in [0.25, 0.3) is 0 Å². The van der Waals surface area contributed by atoms with Gasteiger partial charge < -0.3 is 10.2 Å². The van der Waals surface area contributed by atoms with E-state index in [0.29, 0.717) is 26.1 Å². The fourth-order valence-corrected chi connectivity index (χ4v) is 4.57. The number of halogens is 1. The number of sulfonamides is 1. The molecule has 0 aromatic heterocycles. The van der Waals surface area contributed by atoms with Gasteiger partial charge in [-0.2, -0.15) is 0 Å². The third-order valence-electron chi connectivity index (χ3n) is 3.88. The zero-order chi connectivity index (χ0) is 17.6. The van der Waals surface area contributed by atoms with Gasteiger partial charge in [-0.1, -0.05) is 34.1 Å². The van der Waals surface area contributed by atoms with Crippen molar-refractivity contribution in [2.24, 2.45) is 4.99 Å². The van der Waals surface area contributed by atoms with Crippen molar-refractivity contribution < 1.29 is 8.42 Å². The third kappa shape index (κ3) is 5.19. The summed E-state index contributed by atoms with van der Waals surface area (Å²) >= 11 is 3.56. The first kappa shape index (κ1) is 19.2. The molecule has 1 heterocycles. The number of nitrogens with zero attached hydrogens (tertiary/aromatic N) is 3. The molecule has 0 saturated carbocycles. The molecule has 1 aromatic rings. The molecule has 24 heavy (non-hydrogen) atoms. The molecule has 0 unspecified atom stereocenters. The smallest absolute Gasteiger partial charge is 0.214 e. The first-order chi connectivity index (χ1) is 11.4. The van der Waals surface area contributed by atoms with E-state index in [2.05, 4.69) is 32.3 Å². The van der Waals surface area contributed by atoms with Gasteiger partial charge in [0.05, 0.1) is 12.3 Å². The van der Waals surface area contributed by atoms with Crippen LogP contribution in [0.15, 0.2) is 33.7 Å². The minimum Gasteiger partial charge on any atom is -0.357 e. The highest BCUT2D eigenvalue weighted by atomic mass is 79.9. The molecule has 1 aliphatic heterocycles. The topological polar surface area (TPSA) is 65.0 Å². The number of hydrogen-bond donors (Lipinski definition) is 1. The molecule has 1 aromatic carbocycles. The van der Waals surface area contributed by atoms with Gasteiger partial charge >= 0.3 is 0 Å². The van der Waals surface area contributed by atoms with E-state index in [1.807, 2.05) is 37.1 Å². The van der Waals surface area contributed by atoms with E-state index in [1.165, 1.54) is 9.87 Å². The number of nitrogens with one attached hydrogen (secondary N) is 1. The van der Waals surface area contributed by atoms with Crippen LogP contribution in [0.1, 0.15) is 18.9 Å². The van der Waals surface area contributed by atoms with Crippen molar-refractivity contribution in [3.63, 3.8) is 0 Å². The summed E-state index contributed by atoms with van der Waals surface area (Å²) in [7, 11) is -1.07. The van der Waals surface area contributed by atoms with Crippen LogP contribution in [0.2, 0.25) is 0 Å². The second-order valence-electron chi connectivity index (χ2n) is 5.75. The van der Waals surface area contributed by atoms with Gasteiger partial charge in [-0.05, 0) is 25.0 Å². The van der Waals surface area contributed by atoms with Crippen molar-refractivity contribution in [1.29, 1.82) is 0 Å². The lowest BCUT2D eigenvalue weighted by atomic mass is 10.2. The number of aliphatic imine (C=N–C) groups is 1. The maximum atomic E-state index is 11.8. The van der Waals surface area contributed by atoms with Crippen LogP contribution in [0.5, 0.6) is 0 Å². The van der Waals surface area contributed by atoms with Crippen molar-refractivity contribution in [2.75, 3.05) is 39.0 Å². The van der Waals surface area contributed by atoms with Gasteiger partial charge in [-0.3, -0.25) is 4.99 Å². The van der Waals surface area contributed by atoms with Crippen LogP contribution < -0.4 is 5.32 Å². The highest BCUT2D eigenvalue weighted by Crippen LogP contribution is 2.17. The summed E-state index contributed by atoms with van der Waals surface area (Å²) in [6.07, 6.45) is 0.716. The molecule has 0 atom stereocenters. The molecular weight excluding hydrogens is 392 g/mol. The molecule has 1 saturated heterocycles. The Balaban J connectivity index is 1.98. The summed E-state index contributed by atoms with van der Waals surface area (Å²) in [6.45, 7) is 5.02. The van der Waals surface area contributed by atoms with Gasteiger partial charge in [0.2, 0.25) is 10.0 Å². The van der Waals surface area contributed by atoms with Gasteiger partial charge in [0, 0.05) is 37.7 Å². The van der Waals surface area contributed by atoms with E-state index in [-0.39, 0.29) is 5.75 Å². The predicted molar refractivity (Wildman–Crippen MR) is 102 cm³/mol. The Hall–Kier alpha value is -1.12. The van der Waals surface area contributed by atoms with Crippen molar-refractivity contribution >= 4 is 31.9 Å². The summed E-state index contributed by atoms with van der Waals surface area (Å²) in [5.41, 5.74) is 1.17. The lowest BCUT2D eigenvalue weighted by Gasteiger charge is -2.23. The monoisotopic (exact) mass is 416 g/mol. The van der Waals surface area contributed by atoms with Gasteiger partial charge in [0.25, 0.3) is 0 Å². The SMILES string of the molecule is CCNC(=NCCN1CCCS1(=O)=O)N(C)Cc1ccccc1Br. The Labute approximate surface area is 153 Å². The first-order valence-electron chi connectivity index (χ1n) is 8.14. The molecule has 134 valence electrons. The number of hydrogen-bond acceptors (Lipinski definition) is 3. The Kier molecular flexibility index (Phi) is 7.06. The van der Waals surface area contributed by atoms with E-state index in [9.17, 15) is 8.42 Å². The van der Waals surface area contributed by atoms with Gasteiger partial charge in [0.1, 0.15) is 0 Å².